The van der Waals surface area contributed by atoms with E-state index in [1.165, 1.54) is 6.33 Å². The number of carbonyl (C=O) groups is 1. The monoisotopic (exact) mass is 452 g/mol. The summed E-state index contributed by atoms with van der Waals surface area (Å²) in [4.78, 5) is 25.1. The van der Waals surface area contributed by atoms with Crippen molar-refractivity contribution in [3.8, 4) is 17.0 Å². The Kier molecular flexibility index (Phi) is 5.78. The third kappa shape index (κ3) is 4.19. The van der Waals surface area contributed by atoms with E-state index >= 15 is 4.39 Å². The summed E-state index contributed by atoms with van der Waals surface area (Å²) >= 11 is 0. The van der Waals surface area contributed by atoms with Crippen LogP contribution in [0.5, 0.6) is 5.75 Å². The average molecular weight is 453 g/mol. The lowest BCUT2D eigenvalue weighted by Gasteiger charge is -2.28. The number of benzene rings is 1. The molecule has 2 aliphatic rings. The number of rotatable bonds is 6. The van der Waals surface area contributed by atoms with E-state index < -0.39 is 11.9 Å². The van der Waals surface area contributed by atoms with E-state index in [9.17, 15) is 9.90 Å². The molecule has 0 aliphatic heterocycles. The van der Waals surface area contributed by atoms with E-state index in [0.717, 1.165) is 32.1 Å². The van der Waals surface area contributed by atoms with Crippen LogP contribution in [-0.2, 0) is 0 Å². The Hall–Kier alpha value is -3.00. The number of halogens is 1. The molecule has 0 radical (unpaired) electrons. The van der Waals surface area contributed by atoms with Crippen LogP contribution in [0.25, 0.3) is 22.3 Å². The quantitative estimate of drug-likeness (QED) is 0.520. The zero-order chi connectivity index (χ0) is 23.1. The maximum Gasteiger partial charge on any atom is 0.255 e. The van der Waals surface area contributed by atoms with Gasteiger partial charge in [0.25, 0.3) is 5.91 Å². The predicted molar refractivity (Wildman–Crippen MR) is 123 cm³/mol. The number of nitrogens with one attached hydrogen (secondary N) is 2. The van der Waals surface area contributed by atoms with E-state index in [1.807, 2.05) is 0 Å². The topological polar surface area (TPSA) is 100 Å². The maximum absolute atomic E-state index is 15.4. The summed E-state index contributed by atoms with van der Waals surface area (Å²) in [5.74, 6) is 0.260. The lowest BCUT2D eigenvalue weighted by atomic mass is 9.92. The van der Waals surface area contributed by atoms with E-state index in [0.29, 0.717) is 58.2 Å². The molecular weight excluding hydrogens is 423 g/mol. The van der Waals surface area contributed by atoms with Crippen molar-refractivity contribution in [3.63, 3.8) is 0 Å². The SMILES string of the molecule is Cc1ccc(OCC2CC2)c(-c2ncnc3c(C(=O)N[C@H]4CCCC[C@@H]4O)c(C)[nH]c23)c1F. The van der Waals surface area contributed by atoms with Crippen LogP contribution < -0.4 is 10.1 Å². The van der Waals surface area contributed by atoms with Gasteiger partial charge in [-0.15, -0.1) is 0 Å². The minimum Gasteiger partial charge on any atom is -0.492 e. The first-order valence-corrected chi connectivity index (χ1v) is 11.7. The number of hydrogen-bond donors (Lipinski definition) is 3. The zero-order valence-corrected chi connectivity index (χ0v) is 18.9. The van der Waals surface area contributed by atoms with Crippen LogP contribution in [0.15, 0.2) is 18.5 Å². The molecular formula is C25H29FN4O3. The molecule has 2 atom stereocenters. The number of H-pyrrole nitrogens is 1. The average Bonchev–Trinajstić information content (AvgIpc) is 3.56. The van der Waals surface area contributed by atoms with Gasteiger partial charge in [-0.3, -0.25) is 4.79 Å². The molecule has 0 unspecified atom stereocenters. The highest BCUT2D eigenvalue weighted by Crippen LogP contribution is 2.39. The number of amides is 1. The number of fused-ring (bicyclic) bond motifs is 1. The summed E-state index contributed by atoms with van der Waals surface area (Å²) in [6.45, 7) is 4.04. The summed E-state index contributed by atoms with van der Waals surface area (Å²) in [5, 5.41) is 13.2. The second-order valence-electron chi connectivity index (χ2n) is 9.33. The zero-order valence-electron chi connectivity index (χ0n) is 18.9. The van der Waals surface area contributed by atoms with Gasteiger partial charge in [-0.1, -0.05) is 18.9 Å². The van der Waals surface area contributed by atoms with Gasteiger partial charge in [0.2, 0.25) is 0 Å². The minimum atomic E-state index is -0.550. The first kappa shape index (κ1) is 21.8. The molecule has 1 amide bonds. The Bertz CT molecular complexity index is 1200. The molecule has 3 aromatic rings. The van der Waals surface area contributed by atoms with Gasteiger partial charge in [0.05, 0.1) is 35.4 Å². The van der Waals surface area contributed by atoms with E-state index in [-0.39, 0.29) is 17.5 Å². The van der Waals surface area contributed by atoms with Crippen molar-refractivity contribution in [2.24, 2.45) is 5.92 Å². The number of hydrogen-bond acceptors (Lipinski definition) is 5. The van der Waals surface area contributed by atoms with Crippen LogP contribution in [-0.4, -0.2) is 44.7 Å². The van der Waals surface area contributed by atoms with Gasteiger partial charge in [-0.05, 0) is 57.1 Å². The van der Waals surface area contributed by atoms with Gasteiger partial charge in [0.15, 0.2) is 0 Å². The number of nitrogens with zero attached hydrogens (tertiary/aromatic N) is 2. The number of aliphatic hydroxyl groups excluding tert-OH is 1. The third-order valence-electron chi connectivity index (χ3n) is 6.75. The molecule has 7 nitrogen and oxygen atoms in total. The number of aryl methyl sites for hydroxylation is 2. The van der Waals surface area contributed by atoms with Gasteiger partial charge >= 0.3 is 0 Å². The molecule has 2 fully saturated rings. The smallest absolute Gasteiger partial charge is 0.255 e. The summed E-state index contributed by atoms with van der Waals surface area (Å²) in [7, 11) is 0. The predicted octanol–water partition coefficient (Wildman–Crippen LogP) is 4.20. The molecule has 0 spiro atoms. The lowest BCUT2D eigenvalue weighted by molar-refractivity contribution is 0.0718. The van der Waals surface area contributed by atoms with Crippen LogP contribution in [0.4, 0.5) is 4.39 Å². The Morgan fingerprint density at radius 2 is 2.00 bits per heavy atom. The first-order valence-electron chi connectivity index (χ1n) is 11.7. The fourth-order valence-corrected chi connectivity index (χ4v) is 4.60. The Balaban J connectivity index is 1.55. The number of aliphatic hydroxyl groups is 1. The number of aromatic nitrogens is 3. The Morgan fingerprint density at radius 3 is 2.76 bits per heavy atom. The molecule has 0 bridgehead atoms. The fourth-order valence-electron chi connectivity index (χ4n) is 4.60. The highest BCUT2D eigenvalue weighted by Gasteiger charge is 2.29. The fraction of sp³-hybridized carbons (Fsp3) is 0.480. The van der Waals surface area contributed by atoms with Crippen LogP contribution in [0.1, 0.15) is 60.1 Å². The molecule has 0 saturated heterocycles. The van der Waals surface area contributed by atoms with Crippen molar-refractivity contribution in [1.82, 2.24) is 20.3 Å². The molecule has 3 N–H and O–H groups in total. The van der Waals surface area contributed by atoms with Gasteiger partial charge in [0.1, 0.15) is 29.1 Å². The van der Waals surface area contributed by atoms with Crippen LogP contribution in [0.3, 0.4) is 0 Å². The van der Waals surface area contributed by atoms with E-state index in [2.05, 4.69) is 20.3 Å². The standard InChI is InChI=1S/C25H29FN4O3/c1-13-7-10-18(33-11-15-8-9-15)20(21(13)26)23-24-22(27-12-28-23)19(14(2)29-24)25(32)30-16-5-3-4-6-17(16)31/h7,10,12,15-17,29,31H,3-6,8-9,11H2,1-2H3,(H,30,32)/t16-,17-/m0/s1. The van der Waals surface area contributed by atoms with Crippen molar-refractivity contribution in [1.29, 1.82) is 0 Å². The molecule has 2 saturated carbocycles. The summed E-state index contributed by atoms with van der Waals surface area (Å²) in [6.07, 6.45) is 6.41. The molecule has 5 rings (SSSR count). The molecule has 1 aromatic carbocycles. The Morgan fingerprint density at radius 1 is 1.21 bits per heavy atom. The normalized spacial score (nSPS) is 20.7. The highest BCUT2D eigenvalue weighted by atomic mass is 19.1. The molecule has 2 heterocycles. The van der Waals surface area contributed by atoms with E-state index in [1.54, 1.807) is 26.0 Å². The van der Waals surface area contributed by atoms with Crippen molar-refractivity contribution in [3.05, 3.63) is 41.1 Å². The first-order chi connectivity index (χ1) is 15.9. The van der Waals surface area contributed by atoms with Gasteiger partial charge in [-0.2, -0.15) is 0 Å². The van der Waals surface area contributed by atoms with Crippen molar-refractivity contribution in [2.75, 3.05) is 6.61 Å². The molecule has 174 valence electrons. The molecule has 2 aliphatic carbocycles. The van der Waals surface area contributed by atoms with Gasteiger partial charge in [0, 0.05) is 5.69 Å². The van der Waals surface area contributed by atoms with Crippen molar-refractivity contribution < 1.29 is 19.0 Å². The molecule has 2 aromatic heterocycles. The third-order valence-corrected chi connectivity index (χ3v) is 6.75. The van der Waals surface area contributed by atoms with Gasteiger partial charge in [-0.25, -0.2) is 14.4 Å². The number of ether oxygens (including phenoxy) is 1. The lowest BCUT2D eigenvalue weighted by Crippen LogP contribution is -2.45. The second-order valence-corrected chi connectivity index (χ2v) is 9.33. The van der Waals surface area contributed by atoms with Crippen LogP contribution in [0.2, 0.25) is 0 Å². The summed E-state index contributed by atoms with van der Waals surface area (Å²) in [5.41, 5.74) is 3.05. The largest absolute Gasteiger partial charge is 0.492 e. The second kappa shape index (κ2) is 8.74. The maximum atomic E-state index is 15.4. The molecule has 33 heavy (non-hydrogen) atoms. The van der Waals surface area contributed by atoms with Crippen LogP contribution >= 0.6 is 0 Å². The van der Waals surface area contributed by atoms with Crippen molar-refractivity contribution >= 4 is 16.9 Å². The Labute approximate surface area is 191 Å². The van der Waals surface area contributed by atoms with E-state index in [4.69, 9.17) is 4.74 Å². The molecule has 8 heteroatoms. The summed E-state index contributed by atoms with van der Waals surface area (Å²) in [6, 6.07) is 3.19. The summed E-state index contributed by atoms with van der Waals surface area (Å²) < 4.78 is 21.3. The number of aromatic amines is 1. The highest BCUT2D eigenvalue weighted by molar-refractivity contribution is 6.09. The van der Waals surface area contributed by atoms with Crippen LogP contribution in [0, 0.1) is 25.6 Å². The minimum absolute atomic E-state index is 0.277. The number of carbonyl (C=O) groups excluding carboxylic acids is 1. The van der Waals surface area contributed by atoms with Crippen molar-refractivity contribution in [2.45, 2.75) is 64.5 Å². The van der Waals surface area contributed by atoms with Gasteiger partial charge < -0.3 is 20.1 Å².